The number of carboxylic acid groups (broad SMARTS) is 1. The molecule has 0 aliphatic heterocycles. The Morgan fingerprint density at radius 3 is 2.31 bits per heavy atom. The summed E-state index contributed by atoms with van der Waals surface area (Å²) in [7, 11) is 0. The summed E-state index contributed by atoms with van der Waals surface area (Å²) >= 11 is 0. The van der Waals surface area contributed by atoms with Crippen molar-refractivity contribution in [2.24, 2.45) is 0 Å². The van der Waals surface area contributed by atoms with Gasteiger partial charge in [0.15, 0.2) is 0 Å². The molecule has 5 heteroatoms. The molecule has 16 heavy (non-hydrogen) atoms. The Morgan fingerprint density at radius 2 is 1.94 bits per heavy atom. The highest BCUT2D eigenvalue weighted by atomic mass is 19.4. The van der Waals surface area contributed by atoms with Crippen molar-refractivity contribution in [3.05, 3.63) is 34.4 Å². The monoisotopic (exact) mass is 232 g/mol. The molecule has 0 saturated heterocycles. The minimum absolute atomic E-state index is 0.0384. The lowest BCUT2D eigenvalue weighted by atomic mass is 9.96. The normalized spacial score (nSPS) is 11.6. The van der Waals surface area contributed by atoms with Gasteiger partial charge in [0, 0.05) is 0 Å². The average molecular weight is 232 g/mol. The van der Waals surface area contributed by atoms with Crippen LogP contribution in [-0.2, 0) is 12.6 Å². The molecule has 0 aliphatic rings. The second-order valence-electron chi connectivity index (χ2n) is 3.50. The first-order chi connectivity index (χ1) is 7.27. The molecule has 0 saturated carbocycles. The lowest BCUT2D eigenvalue weighted by Gasteiger charge is -2.15. The van der Waals surface area contributed by atoms with E-state index in [9.17, 15) is 18.0 Å². The fraction of sp³-hybridized carbons (Fsp3) is 0.364. The van der Waals surface area contributed by atoms with E-state index in [2.05, 4.69) is 0 Å². The SMILES string of the molecule is CCc1c(C(=O)O)cc(C)cc1C(F)(F)F. The van der Waals surface area contributed by atoms with Gasteiger partial charge in [0.05, 0.1) is 11.1 Å². The fourth-order valence-electron chi connectivity index (χ4n) is 1.64. The first-order valence-electron chi connectivity index (χ1n) is 4.71. The summed E-state index contributed by atoms with van der Waals surface area (Å²) < 4.78 is 38.0. The maximum Gasteiger partial charge on any atom is 0.416 e. The van der Waals surface area contributed by atoms with Gasteiger partial charge in [-0.05, 0) is 36.6 Å². The van der Waals surface area contributed by atoms with Gasteiger partial charge < -0.3 is 5.11 Å². The predicted molar refractivity (Wildman–Crippen MR) is 52.5 cm³/mol. The molecule has 0 unspecified atom stereocenters. The van der Waals surface area contributed by atoms with Crippen LogP contribution in [0.1, 0.15) is 34.0 Å². The Kier molecular flexibility index (Phi) is 3.26. The zero-order valence-corrected chi connectivity index (χ0v) is 8.85. The topological polar surface area (TPSA) is 37.3 Å². The van der Waals surface area contributed by atoms with Gasteiger partial charge in [0.2, 0.25) is 0 Å². The molecule has 0 aromatic heterocycles. The largest absolute Gasteiger partial charge is 0.478 e. The summed E-state index contributed by atoms with van der Waals surface area (Å²) in [5.41, 5.74) is -0.991. The van der Waals surface area contributed by atoms with Crippen LogP contribution in [0.25, 0.3) is 0 Å². The molecule has 0 atom stereocenters. The molecule has 88 valence electrons. The highest BCUT2D eigenvalue weighted by molar-refractivity contribution is 5.90. The van der Waals surface area contributed by atoms with E-state index in [1.54, 1.807) is 0 Å². The smallest absolute Gasteiger partial charge is 0.416 e. The molecule has 0 heterocycles. The number of benzene rings is 1. The van der Waals surface area contributed by atoms with Gasteiger partial charge in [0.25, 0.3) is 0 Å². The molecule has 0 aliphatic carbocycles. The molecule has 0 bridgehead atoms. The Morgan fingerprint density at radius 1 is 1.38 bits per heavy atom. The van der Waals surface area contributed by atoms with Crippen LogP contribution in [0.15, 0.2) is 12.1 Å². The van der Waals surface area contributed by atoms with Crippen molar-refractivity contribution in [3.63, 3.8) is 0 Å². The zero-order valence-electron chi connectivity index (χ0n) is 8.85. The van der Waals surface area contributed by atoms with Crippen molar-refractivity contribution < 1.29 is 23.1 Å². The molecule has 0 radical (unpaired) electrons. The summed E-state index contributed by atoms with van der Waals surface area (Å²) in [6, 6.07) is 2.24. The molecule has 1 rings (SSSR count). The van der Waals surface area contributed by atoms with E-state index in [4.69, 9.17) is 5.11 Å². The fourth-order valence-corrected chi connectivity index (χ4v) is 1.64. The Hall–Kier alpha value is -1.52. The van der Waals surface area contributed by atoms with Crippen LogP contribution in [0, 0.1) is 6.92 Å². The van der Waals surface area contributed by atoms with Gasteiger partial charge in [-0.2, -0.15) is 13.2 Å². The predicted octanol–water partition coefficient (Wildman–Crippen LogP) is 3.27. The maximum absolute atomic E-state index is 12.7. The van der Waals surface area contributed by atoms with Gasteiger partial charge in [-0.1, -0.05) is 6.92 Å². The zero-order chi connectivity index (χ0) is 12.5. The van der Waals surface area contributed by atoms with Crippen LogP contribution < -0.4 is 0 Å². The second kappa shape index (κ2) is 4.15. The Bertz CT molecular complexity index is 422. The first-order valence-corrected chi connectivity index (χ1v) is 4.71. The summed E-state index contributed by atoms with van der Waals surface area (Å²) in [5, 5.41) is 8.84. The molecule has 1 aromatic rings. The third-order valence-electron chi connectivity index (χ3n) is 2.28. The molecule has 0 fully saturated rings. The van der Waals surface area contributed by atoms with Crippen molar-refractivity contribution in [1.29, 1.82) is 0 Å². The van der Waals surface area contributed by atoms with E-state index >= 15 is 0 Å². The van der Waals surface area contributed by atoms with Crippen LogP contribution in [0.3, 0.4) is 0 Å². The highest BCUT2D eigenvalue weighted by Gasteiger charge is 2.34. The maximum atomic E-state index is 12.7. The number of hydrogen-bond acceptors (Lipinski definition) is 1. The van der Waals surface area contributed by atoms with E-state index < -0.39 is 17.7 Å². The highest BCUT2D eigenvalue weighted by Crippen LogP contribution is 2.34. The van der Waals surface area contributed by atoms with E-state index in [1.807, 2.05) is 0 Å². The van der Waals surface area contributed by atoms with Crippen LogP contribution in [0.5, 0.6) is 0 Å². The third kappa shape index (κ3) is 2.35. The van der Waals surface area contributed by atoms with Crippen molar-refractivity contribution in [2.75, 3.05) is 0 Å². The van der Waals surface area contributed by atoms with Gasteiger partial charge in [-0.15, -0.1) is 0 Å². The van der Waals surface area contributed by atoms with Crippen molar-refractivity contribution in [1.82, 2.24) is 0 Å². The number of rotatable bonds is 2. The van der Waals surface area contributed by atoms with Crippen molar-refractivity contribution >= 4 is 5.97 Å². The Balaban J connectivity index is 3.55. The number of hydrogen-bond donors (Lipinski definition) is 1. The summed E-state index contributed by atoms with van der Waals surface area (Å²) in [4.78, 5) is 10.8. The third-order valence-corrected chi connectivity index (χ3v) is 2.28. The van der Waals surface area contributed by atoms with E-state index in [0.29, 0.717) is 5.56 Å². The van der Waals surface area contributed by atoms with Crippen LogP contribution >= 0.6 is 0 Å². The lowest BCUT2D eigenvalue weighted by Crippen LogP contribution is -2.14. The molecular weight excluding hydrogens is 221 g/mol. The second-order valence-corrected chi connectivity index (χ2v) is 3.50. The number of aryl methyl sites for hydroxylation is 1. The number of halogens is 3. The number of carbonyl (C=O) groups is 1. The van der Waals surface area contributed by atoms with E-state index in [1.165, 1.54) is 19.9 Å². The van der Waals surface area contributed by atoms with E-state index in [0.717, 1.165) is 6.07 Å². The van der Waals surface area contributed by atoms with Gasteiger partial charge in [-0.25, -0.2) is 4.79 Å². The standard InChI is InChI=1S/C11H11F3O2/c1-3-7-8(10(15)16)4-6(2)5-9(7)11(12,13)14/h4-5H,3H2,1-2H3,(H,15,16). The minimum Gasteiger partial charge on any atom is -0.478 e. The Labute approximate surface area is 90.7 Å². The number of alkyl halides is 3. The van der Waals surface area contributed by atoms with Gasteiger partial charge in [-0.3, -0.25) is 0 Å². The molecular formula is C11H11F3O2. The van der Waals surface area contributed by atoms with Gasteiger partial charge >= 0.3 is 12.1 Å². The number of aromatic carboxylic acids is 1. The van der Waals surface area contributed by atoms with Gasteiger partial charge in [0.1, 0.15) is 0 Å². The van der Waals surface area contributed by atoms with Crippen LogP contribution in [0.2, 0.25) is 0 Å². The molecule has 1 N–H and O–H groups in total. The minimum atomic E-state index is -4.51. The van der Waals surface area contributed by atoms with Crippen LogP contribution in [0.4, 0.5) is 13.2 Å². The first kappa shape index (κ1) is 12.5. The van der Waals surface area contributed by atoms with Crippen LogP contribution in [-0.4, -0.2) is 11.1 Å². The molecule has 1 aromatic carbocycles. The van der Waals surface area contributed by atoms with E-state index in [-0.39, 0.29) is 17.5 Å². The molecule has 2 nitrogen and oxygen atoms in total. The van der Waals surface area contributed by atoms with Crippen molar-refractivity contribution in [2.45, 2.75) is 26.4 Å². The summed E-state index contributed by atoms with van der Waals surface area (Å²) in [6.45, 7) is 2.95. The quantitative estimate of drug-likeness (QED) is 0.849. The molecule has 0 amide bonds. The number of carboxylic acids is 1. The summed E-state index contributed by atoms with van der Waals surface area (Å²) in [6.07, 6.45) is -4.47. The summed E-state index contributed by atoms with van der Waals surface area (Å²) in [5.74, 6) is -1.33. The molecule has 0 spiro atoms. The van der Waals surface area contributed by atoms with Crippen molar-refractivity contribution in [3.8, 4) is 0 Å². The average Bonchev–Trinajstić information content (AvgIpc) is 2.14. The lowest BCUT2D eigenvalue weighted by molar-refractivity contribution is -0.138.